The molecule has 0 unspecified atom stereocenters. The number of likely N-dealkylation sites (N-methyl/N-ethyl adjacent to an activating group) is 1. The molecule has 28 heavy (non-hydrogen) atoms. The molecule has 1 aromatic heterocycles. The van der Waals surface area contributed by atoms with E-state index < -0.39 is 0 Å². The summed E-state index contributed by atoms with van der Waals surface area (Å²) in [4.78, 5) is 28.5. The number of anilines is 1. The average molecular weight is 405 g/mol. The van der Waals surface area contributed by atoms with Gasteiger partial charge in [-0.15, -0.1) is 11.3 Å². The molecule has 1 heterocycles. The van der Waals surface area contributed by atoms with Crippen LogP contribution in [0, 0.1) is 24.7 Å². The molecule has 6 heteroatoms. The van der Waals surface area contributed by atoms with Crippen molar-refractivity contribution < 1.29 is 14.3 Å². The summed E-state index contributed by atoms with van der Waals surface area (Å²) in [6.45, 7) is 4.40. The van der Waals surface area contributed by atoms with E-state index in [2.05, 4.69) is 17.3 Å². The zero-order chi connectivity index (χ0) is 20.1. The summed E-state index contributed by atoms with van der Waals surface area (Å²) in [6, 6.07) is 0. The van der Waals surface area contributed by atoms with Crippen LogP contribution in [0.5, 0.6) is 0 Å². The van der Waals surface area contributed by atoms with Crippen molar-refractivity contribution in [2.45, 2.75) is 64.3 Å². The highest BCUT2D eigenvalue weighted by Crippen LogP contribution is 2.57. The van der Waals surface area contributed by atoms with Crippen molar-refractivity contribution in [2.24, 2.45) is 17.8 Å². The van der Waals surface area contributed by atoms with Crippen LogP contribution in [0.15, 0.2) is 0 Å². The number of carbonyl (C=O) groups is 2. The van der Waals surface area contributed by atoms with Gasteiger partial charge >= 0.3 is 5.97 Å². The van der Waals surface area contributed by atoms with Crippen molar-refractivity contribution in [2.75, 3.05) is 26.0 Å². The van der Waals surface area contributed by atoms with E-state index in [0.717, 1.165) is 34.6 Å². The molecule has 4 aliphatic carbocycles. The molecule has 4 bridgehead atoms. The Morgan fingerprint density at radius 3 is 2.25 bits per heavy atom. The highest BCUT2D eigenvalue weighted by molar-refractivity contribution is 7.16. The lowest BCUT2D eigenvalue weighted by molar-refractivity contribution is -0.123. The van der Waals surface area contributed by atoms with Crippen LogP contribution in [-0.4, -0.2) is 43.0 Å². The molecule has 0 radical (unpaired) electrons. The first-order valence-electron chi connectivity index (χ1n) is 10.6. The number of methoxy groups -OCH3 is 1. The van der Waals surface area contributed by atoms with Crippen LogP contribution in [0.2, 0.25) is 0 Å². The Morgan fingerprint density at radius 1 is 1.18 bits per heavy atom. The van der Waals surface area contributed by atoms with E-state index in [0.29, 0.717) is 17.1 Å². The highest BCUT2D eigenvalue weighted by Gasteiger charge is 2.52. The van der Waals surface area contributed by atoms with Gasteiger partial charge in [-0.1, -0.05) is 6.92 Å². The molecular weight excluding hydrogens is 372 g/mol. The van der Waals surface area contributed by atoms with Crippen molar-refractivity contribution in [1.82, 2.24) is 4.90 Å². The van der Waals surface area contributed by atoms with E-state index in [9.17, 15) is 9.59 Å². The number of esters is 1. The van der Waals surface area contributed by atoms with Crippen LogP contribution in [0.25, 0.3) is 0 Å². The fourth-order valence-corrected chi connectivity index (χ4v) is 7.64. The average Bonchev–Trinajstić information content (AvgIpc) is 2.94. The minimum Gasteiger partial charge on any atom is -0.465 e. The lowest BCUT2D eigenvalue weighted by atomic mass is 9.52. The van der Waals surface area contributed by atoms with Gasteiger partial charge in [0.15, 0.2) is 0 Å². The van der Waals surface area contributed by atoms with Crippen LogP contribution in [-0.2, 0) is 16.0 Å². The van der Waals surface area contributed by atoms with E-state index in [1.165, 1.54) is 57.0 Å². The molecule has 1 amide bonds. The van der Waals surface area contributed by atoms with Gasteiger partial charge in [0, 0.05) is 10.4 Å². The highest BCUT2D eigenvalue weighted by atomic mass is 32.1. The molecule has 154 valence electrons. The van der Waals surface area contributed by atoms with Crippen molar-refractivity contribution in [1.29, 1.82) is 0 Å². The SMILES string of the molecule is CCc1c(C)sc(NC(=O)CN(C)C23CC4CC(CC(C4)C2)C3)c1C(=O)OC. The molecule has 0 aromatic carbocycles. The van der Waals surface area contributed by atoms with Gasteiger partial charge in [0.2, 0.25) is 5.91 Å². The Bertz CT molecular complexity index is 750. The number of hydrogen-bond acceptors (Lipinski definition) is 5. The number of ether oxygens (including phenoxy) is 1. The van der Waals surface area contributed by atoms with Gasteiger partial charge in [-0.05, 0) is 82.2 Å². The first-order chi connectivity index (χ1) is 13.3. The monoisotopic (exact) mass is 404 g/mol. The Hall–Kier alpha value is -1.40. The van der Waals surface area contributed by atoms with Crippen LogP contribution < -0.4 is 5.32 Å². The third-order valence-electron chi connectivity index (χ3n) is 7.40. The van der Waals surface area contributed by atoms with Gasteiger partial charge < -0.3 is 10.1 Å². The summed E-state index contributed by atoms with van der Waals surface area (Å²) in [7, 11) is 3.51. The minimum atomic E-state index is -0.370. The second kappa shape index (κ2) is 7.45. The largest absolute Gasteiger partial charge is 0.465 e. The summed E-state index contributed by atoms with van der Waals surface area (Å²) < 4.78 is 4.97. The van der Waals surface area contributed by atoms with E-state index in [1.54, 1.807) is 0 Å². The van der Waals surface area contributed by atoms with Gasteiger partial charge in [-0.3, -0.25) is 9.69 Å². The summed E-state index contributed by atoms with van der Waals surface area (Å²) in [5.74, 6) is 2.16. The maximum atomic E-state index is 12.9. The molecule has 0 atom stereocenters. The van der Waals surface area contributed by atoms with E-state index in [1.807, 2.05) is 13.8 Å². The van der Waals surface area contributed by atoms with Crippen molar-refractivity contribution in [3.05, 3.63) is 16.0 Å². The first kappa shape index (κ1) is 19.9. The number of amides is 1. The lowest BCUT2D eigenvalue weighted by Crippen LogP contribution is -2.59. The zero-order valence-corrected chi connectivity index (χ0v) is 18.3. The number of hydrogen-bond donors (Lipinski definition) is 1. The third kappa shape index (κ3) is 3.39. The summed E-state index contributed by atoms with van der Waals surface area (Å²) in [5, 5.41) is 3.65. The summed E-state index contributed by atoms with van der Waals surface area (Å²) >= 11 is 1.47. The number of nitrogens with zero attached hydrogens (tertiary/aromatic N) is 1. The maximum absolute atomic E-state index is 12.9. The normalized spacial score (nSPS) is 30.7. The fourth-order valence-electron chi connectivity index (χ4n) is 6.49. The number of thiophene rings is 1. The van der Waals surface area contributed by atoms with Crippen molar-refractivity contribution >= 4 is 28.2 Å². The number of aryl methyl sites for hydroxylation is 1. The van der Waals surface area contributed by atoms with Gasteiger partial charge in [0.05, 0.1) is 19.2 Å². The van der Waals surface area contributed by atoms with Crippen LogP contribution in [0.3, 0.4) is 0 Å². The Balaban J connectivity index is 1.47. The number of carbonyl (C=O) groups excluding carboxylic acids is 2. The molecule has 5 nitrogen and oxygen atoms in total. The van der Waals surface area contributed by atoms with E-state index in [-0.39, 0.29) is 17.4 Å². The molecule has 4 aliphatic rings. The van der Waals surface area contributed by atoms with Gasteiger partial charge in [0.1, 0.15) is 5.00 Å². The molecule has 0 spiro atoms. The van der Waals surface area contributed by atoms with Gasteiger partial charge in [-0.2, -0.15) is 0 Å². The zero-order valence-electron chi connectivity index (χ0n) is 17.5. The van der Waals surface area contributed by atoms with Gasteiger partial charge in [0.25, 0.3) is 0 Å². The topological polar surface area (TPSA) is 58.6 Å². The molecular formula is C22H32N2O3S. The Kier molecular flexibility index (Phi) is 5.29. The Labute approximate surface area is 171 Å². The molecule has 4 saturated carbocycles. The number of nitrogens with one attached hydrogen (secondary N) is 1. The van der Waals surface area contributed by atoms with E-state index in [4.69, 9.17) is 4.74 Å². The molecule has 1 N–H and O–H groups in total. The number of rotatable bonds is 6. The molecule has 0 saturated heterocycles. The van der Waals surface area contributed by atoms with E-state index >= 15 is 0 Å². The summed E-state index contributed by atoms with van der Waals surface area (Å²) in [5.41, 5.74) is 1.71. The molecule has 0 aliphatic heterocycles. The van der Waals surface area contributed by atoms with Crippen LogP contribution in [0.1, 0.15) is 66.2 Å². The second-order valence-electron chi connectivity index (χ2n) is 9.23. The standard InChI is InChI=1S/C22H32N2O3S/c1-5-17-13(2)28-20(19(17)21(26)27-4)23-18(25)12-24(3)22-9-14-6-15(10-22)8-16(7-14)11-22/h14-16H,5-12H2,1-4H3,(H,23,25). The maximum Gasteiger partial charge on any atom is 0.341 e. The predicted octanol–water partition coefficient (Wildman–Crippen LogP) is 4.24. The smallest absolute Gasteiger partial charge is 0.341 e. The van der Waals surface area contributed by atoms with Crippen LogP contribution >= 0.6 is 11.3 Å². The third-order valence-corrected chi connectivity index (χ3v) is 8.46. The van der Waals surface area contributed by atoms with Crippen molar-refractivity contribution in [3.8, 4) is 0 Å². The first-order valence-corrected chi connectivity index (χ1v) is 11.4. The molecule has 5 rings (SSSR count). The molecule has 1 aromatic rings. The fraction of sp³-hybridized carbons (Fsp3) is 0.727. The summed E-state index contributed by atoms with van der Waals surface area (Å²) in [6.07, 6.45) is 8.68. The van der Waals surface area contributed by atoms with Crippen molar-refractivity contribution in [3.63, 3.8) is 0 Å². The minimum absolute atomic E-state index is 0.0349. The van der Waals surface area contributed by atoms with Crippen LogP contribution in [0.4, 0.5) is 5.00 Å². The Morgan fingerprint density at radius 2 is 1.75 bits per heavy atom. The van der Waals surface area contributed by atoms with Gasteiger partial charge in [-0.25, -0.2) is 4.79 Å². The predicted molar refractivity (Wildman–Crippen MR) is 112 cm³/mol. The lowest BCUT2D eigenvalue weighted by Gasteiger charge is -2.59. The quantitative estimate of drug-likeness (QED) is 0.721. The second-order valence-corrected chi connectivity index (χ2v) is 10.5. The molecule has 4 fully saturated rings.